The molecule has 1 N–H and O–H groups in total. The number of halogens is 1. The van der Waals surface area contributed by atoms with Crippen LogP contribution in [-0.2, 0) is 23.7 Å². The Labute approximate surface area is 227 Å². The Bertz CT molecular complexity index is 798. The van der Waals surface area contributed by atoms with Gasteiger partial charge in [-0.1, -0.05) is 42.5 Å². The zero-order valence-corrected chi connectivity index (χ0v) is 23.2. The molecule has 37 heavy (non-hydrogen) atoms. The molecule has 1 aromatic carbocycles. The van der Waals surface area contributed by atoms with E-state index in [-0.39, 0.29) is 11.9 Å². The van der Waals surface area contributed by atoms with E-state index in [2.05, 4.69) is 46.8 Å². The van der Waals surface area contributed by atoms with Crippen LogP contribution in [0.1, 0.15) is 25.5 Å². The summed E-state index contributed by atoms with van der Waals surface area (Å²) in [6.07, 6.45) is 4.11. The Morgan fingerprint density at radius 2 is 1.49 bits per heavy atom. The number of allylic oxidation sites excluding steroid dienone is 1. The van der Waals surface area contributed by atoms with Crippen molar-refractivity contribution in [1.82, 2.24) is 15.1 Å². The average molecular weight is 538 g/mol. The summed E-state index contributed by atoms with van der Waals surface area (Å²) in [5, 5.41) is 3.43. The van der Waals surface area contributed by atoms with Crippen molar-refractivity contribution in [3.05, 3.63) is 59.2 Å². The summed E-state index contributed by atoms with van der Waals surface area (Å²) >= 11 is 6.11. The zero-order valence-electron chi connectivity index (χ0n) is 22.5. The Balaban J connectivity index is 1.50. The smallest absolute Gasteiger partial charge is 0.216 e. The van der Waals surface area contributed by atoms with Crippen molar-refractivity contribution in [2.75, 3.05) is 92.1 Å². The van der Waals surface area contributed by atoms with E-state index in [1.807, 2.05) is 18.2 Å². The van der Waals surface area contributed by atoms with Crippen molar-refractivity contribution >= 4 is 17.5 Å². The van der Waals surface area contributed by atoms with Gasteiger partial charge in [-0.25, -0.2) is 0 Å². The summed E-state index contributed by atoms with van der Waals surface area (Å²) in [6, 6.07) is 8.34. The molecule has 1 aliphatic rings. The highest BCUT2D eigenvalue weighted by molar-refractivity contribution is 6.30. The first-order valence-corrected chi connectivity index (χ1v) is 13.5. The van der Waals surface area contributed by atoms with Crippen LogP contribution in [0.15, 0.2) is 48.6 Å². The van der Waals surface area contributed by atoms with Crippen LogP contribution in [0.3, 0.4) is 0 Å². The minimum Gasteiger partial charge on any atom is -0.378 e. The van der Waals surface area contributed by atoms with Gasteiger partial charge in [0, 0.05) is 51.2 Å². The van der Waals surface area contributed by atoms with E-state index in [9.17, 15) is 4.79 Å². The molecule has 1 saturated heterocycles. The molecule has 1 unspecified atom stereocenters. The summed E-state index contributed by atoms with van der Waals surface area (Å²) < 4.78 is 22.1. The number of piperazine rings is 1. The fourth-order valence-corrected chi connectivity index (χ4v) is 4.27. The first-order chi connectivity index (χ1) is 18.0. The van der Waals surface area contributed by atoms with Crippen molar-refractivity contribution in [2.45, 2.75) is 19.9 Å². The van der Waals surface area contributed by atoms with Gasteiger partial charge >= 0.3 is 0 Å². The molecular formula is C28H44ClN3O5. The van der Waals surface area contributed by atoms with Gasteiger partial charge in [0.2, 0.25) is 5.91 Å². The van der Waals surface area contributed by atoms with Crippen molar-refractivity contribution in [3.63, 3.8) is 0 Å². The molecule has 8 nitrogen and oxygen atoms in total. The van der Waals surface area contributed by atoms with Gasteiger partial charge in [0.25, 0.3) is 0 Å². The maximum atomic E-state index is 10.7. The maximum Gasteiger partial charge on any atom is 0.216 e. The van der Waals surface area contributed by atoms with Gasteiger partial charge in [-0.2, -0.15) is 0 Å². The van der Waals surface area contributed by atoms with Crippen LogP contribution >= 0.6 is 11.6 Å². The molecule has 2 rings (SSSR count). The summed E-state index contributed by atoms with van der Waals surface area (Å²) in [5.41, 5.74) is 2.46. The SMILES string of the molecule is C=C/C(=C\C)C(c1ccc(Cl)cc1)N1CCN(CCOCCOCCOCCOCCNC(C)=O)CC1. The minimum absolute atomic E-state index is 0.0501. The quantitative estimate of drug-likeness (QED) is 0.214. The molecular weight excluding hydrogens is 494 g/mol. The third-order valence-corrected chi connectivity index (χ3v) is 6.38. The Morgan fingerprint density at radius 1 is 0.946 bits per heavy atom. The number of hydrogen-bond acceptors (Lipinski definition) is 7. The number of carbonyl (C=O) groups is 1. The summed E-state index contributed by atoms with van der Waals surface area (Å²) in [5.74, 6) is -0.0501. The summed E-state index contributed by atoms with van der Waals surface area (Å²) in [6.45, 7) is 17.4. The molecule has 1 heterocycles. The van der Waals surface area contributed by atoms with Gasteiger partial charge in [0.15, 0.2) is 0 Å². The molecule has 9 heteroatoms. The number of carbonyl (C=O) groups excluding carboxylic acids is 1. The molecule has 0 radical (unpaired) electrons. The lowest BCUT2D eigenvalue weighted by Gasteiger charge is -2.40. The first kappa shape index (κ1) is 31.4. The van der Waals surface area contributed by atoms with Gasteiger partial charge in [-0.3, -0.25) is 14.6 Å². The van der Waals surface area contributed by atoms with E-state index in [0.29, 0.717) is 59.4 Å². The Hall–Kier alpha value is -1.78. The Morgan fingerprint density at radius 3 is 2.00 bits per heavy atom. The maximum absolute atomic E-state index is 10.7. The van der Waals surface area contributed by atoms with Gasteiger partial charge in [0.1, 0.15) is 0 Å². The predicted octanol–water partition coefficient (Wildman–Crippen LogP) is 3.33. The highest BCUT2D eigenvalue weighted by Gasteiger charge is 2.26. The van der Waals surface area contributed by atoms with E-state index < -0.39 is 0 Å². The standard InChI is InChI=1S/C28H44ClN3O5/c1-4-25(5-2)28(26-6-8-27(29)9-7-26)32-13-11-31(12-14-32)15-17-35-19-21-37-23-22-36-20-18-34-16-10-30-24(3)33/h4-9,28H,1,10-23H2,2-3H3,(H,30,33)/b25-5+. The fourth-order valence-electron chi connectivity index (χ4n) is 4.15. The molecule has 1 amide bonds. The zero-order chi connectivity index (χ0) is 26.7. The number of nitrogens with zero attached hydrogens (tertiary/aromatic N) is 2. The van der Waals surface area contributed by atoms with E-state index in [0.717, 1.165) is 37.7 Å². The lowest BCUT2D eigenvalue weighted by Crippen LogP contribution is -2.48. The predicted molar refractivity (Wildman–Crippen MR) is 148 cm³/mol. The summed E-state index contributed by atoms with van der Waals surface area (Å²) in [4.78, 5) is 15.7. The average Bonchev–Trinajstić information content (AvgIpc) is 2.90. The van der Waals surface area contributed by atoms with Crippen LogP contribution in [0.5, 0.6) is 0 Å². The molecule has 1 aliphatic heterocycles. The monoisotopic (exact) mass is 537 g/mol. The Kier molecular flexibility index (Phi) is 16.4. The van der Waals surface area contributed by atoms with Gasteiger partial charge in [0.05, 0.1) is 58.9 Å². The minimum atomic E-state index is -0.0501. The molecule has 0 aliphatic carbocycles. The van der Waals surface area contributed by atoms with Crippen molar-refractivity contribution < 1.29 is 23.7 Å². The molecule has 208 valence electrons. The second kappa shape index (κ2) is 19.3. The van der Waals surface area contributed by atoms with Crippen LogP contribution < -0.4 is 5.32 Å². The van der Waals surface area contributed by atoms with E-state index in [1.165, 1.54) is 18.1 Å². The van der Waals surface area contributed by atoms with Crippen molar-refractivity contribution in [3.8, 4) is 0 Å². The number of ether oxygens (including phenoxy) is 4. The van der Waals surface area contributed by atoms with Crippen LogP contribution in [-0.4, -0.2) is 108 Å². The normalized spacial score (nSPS) is 16.0. The van der Waals surface area contributed by atoms with E-state index >= 15 is 0 Å². The second-order valence-electron chi connectivity index (χ2n) is 8.76. The van der Waals surface area contributed by atoms with Gasteiger partial charge < -0.3 is 24.3 Å². The van der Waals surface area contributed by atoms with Crippen LogP contribution in [0.4, 0.5) is 0 Å². The number of nitrogens with one attached hydrogen (secondary N) is 1. The third-order valence-electron chi connectivity index (χ3n) is 6.13. The van der Waals surface area contributed by atoms with Gasteiger partial charge in [-0.05, 0) is 30.2 Å². The van der Waals surface area contributed by atoms with Gasteiger partial charge in [-0.15, -0.1) is 0 Å². The molecule has 1 aromatic rings. The largest absolute Gasteiger partial charge is 0.378 e. The lowest BCUT2D eigenvalue weighted by molar-refractivity contribution is -0.119. The third kappa shape index (κ3) is 13.0. The van der Waals surface area contributed by atoms with E-state index in [4.69, 9.17) is 30.5 Å². The number of rotatable bonds is 19. The van der Waals surface area contributed by atoms with Crippen molar-refractivity contribution in [2.24, 2.45) is 0 Å². The van der Waals surface area contributed by atoms with Crippen molar-refractivity contribution in [1.29, 1.82) is 0 Å². The molecule has 0 spiro atoms. The molecule has 1 atom stereocenters. The number of amides is 1. The summed E-state index contributed by atoms with van der Waals surface area (Å²) in [7, 11) is 0. The number of hydrogen-bond donors (Lipinski definition) is 1. The number of benzene rings is 1. The first-order valence-electron chi connectivity index (χ1n) is 13.1. The topological polar surface area (TPSA) is 72.5 Å². The van der Waals surface area contributed by atoms with E-state index in [1.54, 1.807) is 0 Å². The molecule has 0 bridgehead atoms. The van der Waals surface area contributed by atoms with Crippen LogP contribution in [0.25, 0.3) is 0 Å². The second-order valence-corrected chi connectivity index (χ2v) is 9.19. The highest BCUT2D eigenvalue weighted by atomic mass is 35.5. The lowest BCUT2D eigenvalue weighted by atomic mass is 9.96. The fraction of sp³-hybridized carbons (Fsp3) is 0.607. The van der Waals surface area contributed by atoms with Crippen LogP contribution in [0.2, 0.25) is 5.02 Å². The molecule has 0 saturated carbocycles. The van der Waals surface area contributed by atoms with Crippen LogP contribution in [0, 0.1) is 0 Å². The highest BCUT2D eigenvalue weighted by Crippen LogP contribution is 2.31. The molecule has 0 aromatic heterocycles. The molecule has 1 fully saturated rings.